The Hall–Kier alpha value is -2.73. The number of carbonyl (C=O) groups is 2. The summed E-state index contributed by atoms with van der Waals surface area (Å²) in [5, 5.41) is 3.43. The van der Waals surface area contributed by atoms with Gasteiger partial charge in [-0.3, -0.25) is 9.59 Å². The first kappa shape index (κ1) is 22.9. The van der Waals surface area contributed by atoms with Gasteiger partial charge in [-0.1, -0.05) is 42.8 Å². The Balaban J connectivity index is 1.76. The van der Waals surface area contributed by atoms with E-state index in [1.165, 1.54) is 0 Å². The Morgan fingerprint density at radius 1 is 1.10 bits per heavy atom. The molecule has 2 aromatic rings. The minimum atomic E-state index is -0.552. The number of aryl methyl sites for hydroxylation is 1. The monoisotopic (exact) mass is 444 g/mol. The number of nitrogens with one attached hydrogen (secondary N) is 1. The summed E-state index contributed by atoms with van der Waals surface area (Å²) in [4.78, 5) is 27.6. The van der Waals surface area contributed by atoms with E-state index in [9.17, 15) is 9.59 Å². The third-order valence-corrected chi connectivity index (χ3v) is 5.64. The Labute approximate surface area is 188 Å². The van der Waals surface area contributed by atoms with Gasteiger partial charge in [0.15, 0.2) is 11.5 Å². The summed E-state index contributed by atoms with van der Waals surface area (Å²) in [6, 6.07) is 12.6. The molecule has 0 bridgehead atoms. The van der Waals surface area contributed by atoms with Crippen LogP contribution in [0.15, 0.2) is 42.5 Å². The van der Waals surface area contributed by atoms with E-state index in [0.29, 0.717) is 43.4 Å². The van der Waals surface area contributed by atoms with Crippen LogP contribution in [0.5, 0.6) is 11.5 Å². The van der Waals surface area contributed by atoms with Crippen LogP contribution in [0.1, 0.15) is 37.8 Å². The number of fused-ring (bicyclic) bond motifs is 1. The molecule has 2 aromatic carbocycles. The fraction of sp³-hybridized carbons (Fsp3) is 0.417. The van der Waals surface area contributed by atoms with Crippen molar-refractivity contribution < 1.29 is 19.1 Å². The first-order valence-corrected chi connectivity index (χ1v) is 11.1. The van der Waals surface area contributed by atoms with Crippen LogP contribution in [0.3, 0.4) is 0 Å². The molecule has 6 nitrogen and oxygen atoms in total. The predicted octanol–water partition coefficient (Wildman–Crippen LogP) is 3.99. The number of rotatable bonds is 9. The molecule has 0 spiro atoms. The Morgan fingerprint density at radius 2 is 1.84 bits per heavy atom. The summed E-state index contributed by atoms with van der Waals surface area (Å²) >= 11 is 6.34. The van der Waals surface area contributed by atoms with Crippen LogP contribution in [0.2, 0.25) is 5.02 Å². The highest BCUT2D eigenvalue weighted by atomic mass is 35.5. The lowest BCUT2D eigenvalue weighted by molar-refractivity contribution is -0.141. The second-order valence-electron chi connectivity index (χ2n) is 7.41. The summed E-state index contributed by atoms with van der Waals surface area (Å²) in [7, 11) is 0. The van der Waals surface area contributed by atoms with E-state index in [2.05, 4.69) is 5.32 Å². The molecule has 1 N–H and O–H groups in total. The van der Waals surface area contributed by atoms with Gasteiger partial charge in [-0.05, 0) is 49.1 Å². The van der Waals surface area contributed by atoms with Crippen molar-refractivity contribution in [2.75, 3.05) is 19.8 Å². The van der Waals surface area contributed by atoms with Gasteiger partial charge >= 0.3 is 0 Å². The highest BCUT2D eigenvalue weighted by molar-refractivity contribution is 6.31. The molecule has 31 heavy (non-hydrogen) atoms. The molecule has 0 aliphatic carbocycles. The Morgan fingerprint density at radius 3 is 2.55 bits per heavy atom. The van der Waals surface area contributed by atoms with Crippen molar-refractivity contribution in [3.63, 3.8) is 0 Å². The molecule has 0 saturated heterocycles. The maximum absolute atomic E-state index is 13.3. The standard InChI is InChI=1S/C24H29ClN2O4/c1-3-20(24(29)26-4-2)27(16-18-7-5-6-8-19(18)25)23(28)12-10-17-9-11-21-22(15-17)31-14-13-30-21/h5-9,11,15,20H,3-4,10,12-14,16H2,1-2H3,(H,26,29)/t20-/m1/s1. The molecule has 0 saturated carbocycles. The number of amides is 2. The maximum atomic E-state index is 13.3. The van der Waals surface area contributed by atoms with Crippen molar-refractivity contribution >= 4 is 23.4 Å². The van der Waals surface area contributed by atoms with Gasteiger partial charge in [0.2, 0.25) is 11.8 Å². The van der Waals surface area contributed by atoms with E-state index in [1.54, 1.807) is 11.0 Å². The SMILES string of the molecule is CCNC(=O)[C@@H](CC)N(Cc1ccccc1Cl)C(=O)CCc1ccc2c(c1)OCCO2. The van der Waals surface area contributed by atoms with Crippen molar-refractivity contribution in [3.05, 3.63) is 58.6 Å². The molecule has 2 amide bonds. The molecular formula is C24H29ClN2O4. The number of hydrogen-bond acceptors (Lipinski definition) is 4. The van der Waals surface area contributed by atoms with Gasteiger partial charge in [-0.2, -0.15) is 0 Å². The molecule has 1 atom stereocenters. The van der Waals surface area contributed by atoms with Gasteiger partial charge in [-0.15, -0.1) is 0 Å². The molecule has 7 heteroatoms. The van der Waals surface area contributed by atoms with E-state index in [0.717, 1.165) is 16.9 Å². The lowest BCUT2D eigenvalue weighted by Crippen LogP contribution is -2.49. The number of carbonyl (C=O) groups excluding carboxylic acids is 2. The van der Waals surface area contributed by atoms with Crippen LogP contribution in [0, 0.1) is 0 Å². The van der Waals surface area contributed by atoms with Crippen molar-refractivity contribution in [1.82, 2.24) is 10.2 Å². The largest absolute Gasteiger partial charge is 0.486 e. The minimum Gasteiger partial charge on any atom is -0.486 e. The zero-order valence-electron chi connectivity index (χ0n) is 18.0. The third kappa shape index (κ3) is 5.91. The van der Waals surface area contributed by atoms with E-state index in [-0.39, 0.29) is 24.8 Å². The summed E-state index contributed by atoms with van der Waals surface area (Å²) in [5.41, 5.74) is 1.81. The lowest BCUT2D eigenvalue weighted by atomic mass is 10.1. The number of halogens is 1. The third-order valence-electron chi connectivity index (χ3n) is 5.27. The number of ether oxygens (including phenoxy) is 2. The Kier molecular flexibility index (Phi) is 8.18. The summed E-state index contributed by atoms with van der Waals surface area (Å²) in [6.07, 6.45) is 1.34. The average molecular weight is 445 g/mol. The summed E-state index contributed by atoms with van der Waals surface area (Å²) < 4.78 is 11.2. The molecule has 0 aromatic heterocycles. The van der Waals surface area contributed by atoms with E-state index >= 15 is 0 Å². The number of likely N-dealkylation sites (N-methyl/N-ethyl adjacent to an activating group) is 1. The smallest absolute Gasteiger partial charge is 0.242 e. The highest BCUT2D eigenvalue weighted by Gasteiger charge is 2.28. The summed E-state index contributed by atoms with van der Waals surface area (Å²) in [5.74, 6) is 1.19. The van der Waals surface area contributed by atoms with Gasteiger partial charge in [0.25, 0.3) is 0 Å². The normalized spacial score (nSPS) is 13.4. The zero-order valence-corrected chi connectivity index (χ0v) is 18.8. The molecule has 1 heterocycles. The van der Waals surface area contributed by atoms with Crippen LogP contribution >= 0.6 is 11.6 Å². The van der Waals surface area contributed by atoms with Gasteiger partial charge in [0.05, 0.1) is 0 Å². The minimum absolute atomic E-state index is 0.0899. The second-order valence-corrected chi connectivity index (χ2v) is 7.82. The van der Waals surface area contributed by atoms with E-state index in [1.807, 2.05) is 50.2 Å². The topological polar surface area (TPSA) is 67.9 Å². The molecule has 0 fully saturated rings. The number of hydrogen-bond donors (Lipinski definition) is 1. The first-order valence-electron chi connectivity index (χ1n) is 10.7. The van der Waals surface area contributed by atoms with Crippen molar-refractivity contribution in [2.45, 2.75) is 45.7 Å². The molecule has 1 aliphatic heterocycles. The number of nitrogens with zero attached hydrogens (tertiary/aromatic N) is 1. The van der Waals surface area contributed by atoms with Gasteiger partial charge in [0, 0.05) is 24.5 Å². The van der Waals surface area contributed by atoms with E-state index < -0.39 is 6.04 Å². The quantitative estimate of drug-likeness (QED) is 0.635. The lowest BCUT2D eigenvalue weighted by Gasteiger charge is -2.31. The van der Waals surface area contributed by atoms with Crippen molar-refractivity contribution in [2.24, 2.45) is 0 Å². The average Bonchev–Trinajstić information content (AvgIpc) is 2.78. The first-order chi connectivity index (χ1) is 15.0. The van der Waals surface area contributed by atoms with Crippen LogP contribution in [0.25, 0.3) is 0 Å². The predicted molar refractivity (Wildman–Crippen MR) is 121 cm³/mol. The fourth-order valence-electron chi connectivity index (χ4n) is 3.66. The van der Waals surface area contributed by atoms with Gasteiger partial charge in [0.1, 0.15) is 19.3 Å². The summed E-state index contributed by atoms with van der Waals surface area (Å²) in [6.45, 7) is 5.64. The molecule has 1 aliphatic rings. The molecule has 0 radical (unpaired) electrons. The second kappa shape index (κ2) is 11.0. The van der Waals surface area contributed by atoms with Gasteiger partial charge < -0.3 is 19.7 Å². The van der Waals surface area contributed by atoms with Crippen LogP contribution in [0.4, 0.5) is 0 Å². The highest BCUT2D eigenvalue weighted by Crippen LogP contribution is 2.31. The van der Waals surface area contributed by atoms with Crippen molar-refractivity contribution in [3.8, 4) is 11.5 Å². The molecule has 0 unspecified atom stereocenters. The molecular weight excluding hydrogens is 416 g/mol. The fourth-order valence-corrected chi connectivity index (χ4v) is 3.86. The Bertz CT molecular complexity index is 918. The number of benzene rings is 2. The maximum Gasteiger partial charge on any atom is 0.242 e. The van der Waals surface area contributed by atoms with Crippen LogP contribution < -0.4 is 14.8 Å². The zero-order chi connectivity index (χ0) is 22.2. The van der Waals surface area contributed by atoms with Gasteiger partial charge in [-0.25, -0.2) is 0 Å². The van der Waals surface area contributed by atoms with Crippen LogP contribution in [-0.4, -0.2) is 42.5 Å². The van der Waals surface area contributed by atoms with Crippen molar-refractivity contribution in [1.29, 1.82) is 0 Å². The molecule has 3 rings (SSSR count). The molecule has 166 valence electrons. The van der Waals surface area contributed by atoms with Crippen LogP contribution in [-0.2, 0) is 22.6 Å². The van der Waals surface area contributed by atoms with E-state index in [4.69, 9.17) is 21.1 Å².